The number of benzene rings is 4. The van der Waals surface area contributed by atoms with Crippen LogP contribution in [0.3, 0.4) is 0 Å². The van der Waals surface area contributed by atoms with Gasteiger partial charge in [-0.15, -0.1) is 0 Å². The minimum Gasteiger partial charge on any atom is -0.508 e. The Kier molecular flexibility index (Phi) is 7.57. The molecule has 0 spiro atoms. The molecule has 1 N–H and O–H groups in total. The maximum absolute atomic E-state index is 9.80. The Labute approximate surface area is 209 Å². The molecule has 4 aromatic carbocycles. The second kappa shape index (κ2) is 11.4. The fourth-order valence-electron chi connectivity index (χ4n) is 5.36. The summed E-state index contributed by atoms with van der Waals surface area (Å²) in [5, 5.41) is 9.80. The molecule has 3 heteroatoms. The van der Waals surface area contributed by atoms with Crippen LogP contribution in [0.4, 0.5) is 0 Å². The molecule has 0 bridgehead atoms. The minimum atomic E-state index is 0.209. The van der Waals surface area contributed by atoms with Crippen LogP contribution in [0.1, 0.15) is 40.6 Å². The number of nitrogens with zero attached hydrogens (tertiary/aromatic N) is 2. The van der Waals surface area contributed by atoms with E-state index in [9.17, 15) is 5.11 Å². The summed E-state index contributed by atoms with van der Waals surface area (Å²) < 4.78 is 0. The molecule has 1 fully saturated rings. The average molecular weight is 463 g/mol. The summed E-state index contributed by atoms with van der Waals surface area (Å²) in [6.07, 6.45) is 1.12. The molecule has 1 aliphatic heterocycles. The molecular weight excluding hydrogens is 428 g/mol. The van der Waals surface area contributed by atoms with Gasteiger partial charge in [-0.05, 0) is 47.4 Å². The molecule has 0 saturated carbocycles. The van der Waals surface area contributed by atoms with Crippen LogP contribution in [-0.4, -0.2) is 47.6 Å². The van der Waals surface area contributed by atoms with Crippen molar-refractivity contribution in [3.05, 3.63) is 138 Å². The second-order valence-electron chi connectivity index (χ2n) is 9.44. The number of aromatic hydroxyl groups is 1. The van der Waals surface area contributed by atoms with Crippen molar-refractivity contribution in [1.82, 2.24) is 9.80 Å². The highest BCUT2D eigenvalue weighted by Crippen LogP contribution is 2.32. The van der Waals surface area contributed by atoms with Gasteiger partial charge in [0, 0.05) is 32.1 Å². The Morgan fingerprint density at radius 1 is 0.543 bits per heavy atom. The molecule has 0 amide bonds. The molecule has 4 aromatic rings. The van der Waals surface area contributed by atoms with Gasteiger partial charge in [-0.2, -0.15) is 0 Å². The maximum atomic E-state index is 9.80. The van der Waals surface area contributed by atoms with Gasteiger partial charge < -0.3 is 10.0 Å². The Morgan fingerprint density at radius 3 is 1.51 bits per heavy atom. The van der Waals surface area contributed by atoms with Gasteiger partial charge in [0.25, 0.3) is 0 Å². The van der Waals surface area contributed by atoms with Crippen LogP contribution in [0, 0.1) is 0 Å². The van der Waals surface area contributed by atoms with E-state index in [0.29, 0.717) is 11.7 Å². The zero-order valence-corrected chi connectivity index (χ0v) is 20.2. The number of rotatable bonds is 8. The molecule has 3 nitrogen and oxygen atoms in total. The topological polar surface area (TPSA) is 26.7 Å². The van der Waals surface area contributed by atoms with Gasteiger partial charge in [0.1, 0.15) is 5.75 Å². The number of hydrogen-bond donors (Lipinski definition) is 1. The molecule has 178 valence electrons. The molecule has 1 unspecified atom stereocenters. The summed E-state index contributed by atoms with van der Waals surface area (Å²) in [6.45, 7) is 5.29. The molecule has 1 atom stereocenters. The van der Waals surface area contributed by atoms with Crippen molar-refractivity contribution in [3.8, 4) is 5.75 Å². The van der Waals surface area contributed by atoms with Crippen molar-refractivity contribution in [1.29, 1.82) is 0 Å². The summed E-state index contributed by atoms with van der Waals surface area (Å²) in [5.41, 5.74) is 5.33. The lowest BCUT2D eigenvalue weighted by molar-refractivity contribution is 0.108. The molecule has 35 heavy (non-hydrogen) atoms. The van der Waals surface area contributed by atoms with Gasteiger partial charge in [0.05, 0.1) is 6.04 Å². The van der Waals surface area contributed by atoms with E-state index in [0.717, 1.165) is 39.1 Å². The summed E-state index contributed by atoms with van der Waals surface area (Å²) in [4.78, 5) is 5.21. The van der Waals surface area contributed by atoms with E-state index in [-0.39, 0.29) is 6.04 Å². The van der Waals surface area contributed by atoms with Crippen LogP contribution >= 0.6 is 0 Å². The van der Waals surface area contributed by atoms with E-state index in [1.807, 2.05) is 0 Å². The molecule has 0 radical (unpaired) electrons. The Hall–Kier alpha value is -3.40. The van der Waals surface area contributed by atoms with Crippen molar-refractivity contribution in [3.63, 3.8) is 0 Å². The predicted octanol–water partition coefficient (Wildman–Crippen LogP) is 6.32. The molecular formula is C32H34N2O. The van der Waals surface area contributed by atoms with Crippen LogP contribution in [-0.2, 0) is 0 Å². The SMILES string of the molecule is Oc1ccc(C(c2ccccc2)N2CCN(CCC(c3ccccc3)c3ccccc3)CC2)cc1. The largest absolute Gasteiger partial charge is 0.508 e. The highest BCUT2D eigenvalue weighted by Gasteiger charge is 2.27. The third-order valence-electron chi connectivity index (χ3n) is 7.23. The first-order valence-corrected chi connectivity index (χ1v) is 12.7. The number of phenols is 1. The number of phenolic OH excluding ortho intramolecular Hbond substituents is 1. The normalized spacial score (nSPS) is 15.8. The standard InChI is InChI=1S/C32H34N2O/c35-30-18-16-29(17-19-30)32(28-14-8-3-9-15-28)34-24-22-33(23-25-34)21-20-31(26-10-4-1-5-11-26)27-12-6-2-7-13-27/h1-19,31-32,35H,20-25H2. The molecule has 1 heterocycles. The molecule has 1 aliphatic rings. The van der Waals surface area contributed by atoms with E-state index in [4.69, 9.17) is 0 Å². The van der Waals surface area contributed by atoms with Crippen molar-refractivity contribution >= 4 is 0 Å². The second-order valence-corrected chi connectivity index (χ2v) is 9.44. The molecule has 5 rings (SSSR count). The summed E-state index contributed by atoms with van der Waals surface area (Å²) in [6, 6.07) is 40.5. The Morgan fingerprint density at radius 2 is 1.00 bits per heavy atom. The monoisotopic (exact) mass is 462 g/mol. The van der Waals surface area contributed by atoms with Crippen molar-refractivity contribution in [2.24, 2.45) is 0 Å². The first-order chi connectivity index (χ1) is 17.3. The molecule has 1 saturated heterocycles. The van der Waals surface area contributed by atoms with Gasteiger partial charge >= 0.3 is 0 Å². The molecule has 0 aromatic heterocycles. The van der Waals surface area contributed by atoms with E-state index < -0.39 is 0 Å². The molecule has 0 aliphatic carbocycles. The lowest BCUT2D eigenvalue weighted by Crippen LogP contribution is -2.48. The summed E-state index contributed by atoms with van der Waals surface area (Å²) in [7, 11) is 0. The van der Waals surface area contributed by atoms with Crippen LogP contribution in [0.25, 0.3) is 0 Å². The summed E-state index contributed by atoms with van der Waals surface area (Å²) in [5.74, 6) is 0.737. The zero-order chi connectivity index (χ0) is 23.9. The van der Waals surface area contributed by atoms with Crippen LogP contribution < -0.4 is 0 Å². The van der Waals surface area contributed by atoms with Crippen molar-refractivity contribution < 1.29 is 5.11 Å². The minimum absolute atomic E-state index is 0.209. The predicted molar refractivity (Wildman–Crippen MR) is 144 cm³/mol. The van der Waals surface area contributed by atoms with Gasteiger partial charge in [0.15, 0.2) is 0 Å². The van der Waals surface area contributed by atoms with Gasteiger partial charge in [-0.25, -0.2) is 0 Å². The summed E-state index contributed by atoms with van der Waals surface area (Å²) >= 11 is 0. The Bertz CT molecular complexity index is 1120. The van der Waals surface area contributed by atoms with Crippen molar-refractivity contribution in [2.75, 3.05) is 32.7 Å². The van der Waals surface area contributed by atoms with Crippen LogP contribution in [0.5, 0.6) is 5.75 Å². The fourth-order valence-corrected chi connectivity index (χ4v) is 5.36. The Balaban J connectivity index is 1.26. The lowest BCUT2D eigenvalue weighted by atomic mass is 9.88. The van der Waals surface area contributed by atoms with Gasteiger partial charge in [-0.1, -0.05) is 103 Å². The van der Waals surface area contributed by atoms with Crippen LogP contribution in [0.2, 0.25) is 0 Å². The zero-order valence-electron chi connectivity index (χ0n) is 20.2. The number of piperazine rings is 1. The highest BCUT2D eigenvalue weighted by molar-refractivity contribution is 5.35. The first kappa shape index (κ1) is 23.3. The number of hydrogen-bond acceptors (Lipinski definition) is 3. The van der Waals surface area contributed by atoms with E-state index in [1.54, 1.807) is 12.1 Å². The average Bonchev–Trinajstić information content (AvgIpc) is 2.93. The quantitative estimate of drug-likeness (QED) is 0.332. The van der Waals surface area contributed by atoms with E-state index in [2.05, 4.69) is 113 Å². The third-order valence-corrected chi connectivity index (χ3v) is 7.23. The fraction of sp³-hybridized carbons (Fsp3) is 0.250. The van der Waals surface area contributed by atoms with Gasteiger partial charge in [0.2, 0.25) is 0 Å². The third kappa shape index (κ3) is 5.82. The lowest BCUT2D eigenvalue weighted by Gasteiger charge is -2.40. The smallest absolute Gasteiger partial charge is 0.115 e. The van der Waals surface area contributed by atoms with E-state index in [1.165, 1.54) is 22.3 Å². The van der Waals surface area contributed by atoms with Crippen LogP contribution in [0.15, 0.2) is 115 Å². The van der Waals surface area contributed by atoms with E-state index >= 15 is 0 Å². The highest BCUT2D eigenvalue weighted by atomic mass is 16.3. The van der Waals surface area contributed by atoms with Crippen molar-refractivity contribution in [2.45, 2.75) is 18.4 Å². The maximum Gasteiger partial charge on any atom is 0.115 e. The first-order valence-electron chi connectivity index (χ1n) is 12.7. The van der Waals surface area contributed by atoms with Gasteiger partial charge in [-0.3, -0.25) is 4.90 Å².